The molecule has 0 spiro atoms. The zero-order valence-corrected chi connectivity index (χ0v) is 22.5. The molecule has 1 aliphatic rings. The highest BCUT2D eigenvalue weighted by Crippen LogP contribution is 2.37. The Morgan fingerprint density at radius 3 is 2.41 bits per heavy atom. The third kappa shape index (κ3) is 5.33. The van der Waals surface area contributed by atoms with E-state index in [-0.39, 0.29) is 16.9 Å². The van der Waals surface area contributed by atoms with Gasteiger partial charge < -0.3 is 20.9 Å². The van der Waals surface area contributed by atoms with E-state index in [4.69, 9.17) is 10.8 Å². The number of fused-ring (bicyclic) bond motifs is 1. The molecule has 1 saturated heterocycles. The summed E-state index contributed by atoms with van der Waals surface area (Å²) in [5.41, 5.74) is 6.12. The third-order valence-electron chi connectivity index (χ3n) is 6.46. The number of anilines is 2. The zero-order chi connectivity index (χ0) is 27.4. The minimum absolute atomic E-state index is 0.155. The van der Waals surface area contributed by atoms with Crippen molar-refractivity contribution in [3.05, 3.63) is 59.3 Å². The summed E-state index contributed by atoms with van der Waals surface area (Å²) in [7, 11) is -0.623. The lowest BCUT2D eigenvalue weighted by molar-refractivity contribution is 0.128. The topological polar surface area (TPSA) is 153 Å². The van der Waals surface area contributed by atoms with Crippen LogP contribution in [0.5, 0.6) is 0 Å². The molecule has 37 heavy (non-hydrogen) atoms. The maximum Gasteiger partial charge on any atom is 0.261 e. The second-order valence-electron chi connectivity index (χ2n) is 8.80. The van der Waals surface area contributed by atoms with E-state index < -0.39 is 15.6 Å². The van der Waals surface area contributed by atoms with Crippen molar-refractivity contribution in [1.82, 2.24) is 24.0 Å². The molecule has 0 amide bonds. The minimum atomic E-state index is -3.56. The van der Waals surface area contributed by atoms with Gasteiger partial charge >= 0.3 is 0 Å². The van der Waals surface area contributed by atoms with Gasteiger partial charge in [0.05, 0.1) is 34.3 Å². The number of nitrogens with zero attached hydrogens (tertiary/aromatic N) is 5. The molecule has 0 unspecified atom stereocenters. The minimum Gasteiger partial charge on any atom is -0.386 e. The number of benzene rings is 1. The second-order valence-corrected chi connectivity index (χ2v) is 11.0. The van der Waals surface area contributed by atoms with Crippen LogP contribution < -0.4 is 16.6 Å². The summed E-state index contributed by atoms with van der Waals surface area (Å²) in [5, 5.41) is 17.9. The number of nitriles is 1. The van der Waals surface area contributed by atoms with Crippen molar-refractivity contribution in [3.63, 3.8) is 0 Å². The van der Waals surface area contributed by atoms with Gasteiger partial charge in [-0.2, -0.15) is 10.4 Å². The lowest BCUT2D eigenvalue weighted by atomic mass is 9.84. The summed E-state index contributed by atoms with van der Waals surface area (Å²) in [5.74, 6) is 0.812. The van der Waals surface area contributed by atoms with E-state index in [9.17, 15) is 18.5 Å². The van der Waals surface area contributed by atoms with E-state index in [0.717, 1.165) is 4.31 Å². The number of H-pyrrole nitrogens is 1. The van der Waals surface area contributed by atoms with Crippen molar-refractivity contribution in [1.29, 1.82) is 5.26 Å². The van der Waals surface area contributed by atoms with Gasteiger partial charge in [-0.15, -0.1) is 0 Å². The largest absolute Gasteiger partial charge is 0.386 e. The van der Waals surface area contributed by atoms with Gasteiger partial charge in [-0.1, -0.05) is 20.4 Å². The lowest BCUT2D eigenvalue weighted by Crippen LogP contribution is -2.47. The van der Waals surface area contributed by atoms with Gasteiger partial charge in [0.15, 0.2) is 5.82 Å². The number of rotatable bonds is 7. The summed E-state index contributed by atoms with van der Waals surface area (Å²) >= 11 is 0. The van der Waals surface area contributed by atoms with Gasteiger partial charge in [-0.25, -0.2) is 12.7 Å². The second kappa shape index (κ2) is 11.1. The Morgan fingerprint density at radius 1 is 1.24 bits per heavy atom. The molecule has 12 heteroatoms. The Hall–Kier alpha value is -3.82. The Morgan fingerprint density at radius 2 is 1.86 bits per heavy atom. The molecule has 1 fully saturated rings. The van der Waals surface area contributed by atoms with Crippen LogP contribution in [0.15, 0.2) is 58.6 Å². The predicted octanol–water partition coefficient (Wildman–Crippen LogP) is 2.88. The van der Waals surface area contributed by atoms with Crippen LogP contribution in [0.3, 0.4) is 0 Å². The first-order valence-electron chi connectivity index (χ1n) is 12.1. The number of hydrogen-bond acceptors (Lipinski definition) is 8. The molecule has 2 aromatic heterocycles. The number of sulfonamides is 1. The number of hydrogen-bond donors (Lipinski definition) is 3. The summed E-state index contributed by atoms with van der Waals surface area (Å²) in [6, 6.07) is 10.3. The van der Waals surface area contributed by atoms with Crippen LogP contribution in [-0.4, -0.2) is 59.6 Å². The first-order valence-corrected chi connectivity index (χ1v) is 13.5. The van der Waals surface area contributed by atoms with Crippen LogP contribution in [0.2, 0.25) is 0 Å². The maximum atomic E-state index is 12.8. The van der Waals surface area contributed by atoms with Gasteiger partial charge in [0, 0.05) is 39.1 Å². The van der Waals surface area contributed by atoms with Crippen LogP contribution >= 0.6 is 0 Å². The zero-order valence-electron chi connectivity index (χ0n) is 21.7. The molecule has 1 aliphatic heterocycles. The number of nitrogens with one attached hydrogen (secondary N) is 2. The molecule has 11 nitrogen and oxygen atoms in total. The fourth-order valence-corrected chi connectivity index (χ4v) is 5.31. The van der Waals surface area contributed by atoms with E-state index in [1.807, 2.05) is 18.7 Å². The molecule has 4 rings (SSSR count). The molecule has 4 N–H and O–H groups in total. The van der Waals surface area contributed by atoms with E-state index in [1.165, 1.54) is 26.2 Å². The van der Waals surface area contributed by atoms with Crippen molar-refractivity contribution >= 4 is 32.4 Å². The molecular formula is C25H34N8O3S. The Balaban J connectivity index is 0.00000186. The Labute approximate surface area is 217 Å². The van der Waals surface area contributed by atoms with Gasteiger partial charge in [-0.05, 0) is 43.2 Å². The van der Waals surface area contributed by atoms with Crippen molar-refractivity contribution in [3.8, 4) is 6.07 Å². The number of piperidine rings is 1. The summed E-state index contributed by atoms with van der Waals surface area (Å²) in [4.78, 5) is 17.6. The molecule has 0 radical (unpaired) electrons. The van der Waals surface area contributed by atoms with Crippen molar-refractivity contribution < 1.29 is 8.42 Å². The summed E-state index contributed by atoms with van der Waals surface area (Å²) < 4.78 is 27.7. The normalized spacial score (nSPS) is 15.1. The predicted molar refractivity (Wildman–Crippen MR) is 145 cm³/mol. The third-order valence-corrected chi connectivity index (χ3v) is 8.29. The highest BCUT2D eigenvalue weighted by Gasteiger charge is 2.39. The number of aromatic amines is 1. The van der Waals surface area contributed by atoms with Crippen molar-refractivity contribution in [2.24, 2.45) is 5.73 Å². The van der Waals surface area contributed by atoms with Gasteiger partial charge in [0.1, 0.15) is 5.39 Å². The van der Waals surface area contributed by atoms with Gasteiger partial charge in [-0.3, -0.25) is 9.48 Å². The maximum absolute atomic E-state index is 12.8. The molecule has 198 valence electrons. The molecule has 0 aliphatic carbocycles. The molecule has 0 bridgehead atoms. The lowest BCUT2D eigenvalue weighted by Gasteiger charge is -2.41. The van der Waals surface area contributed by atoms with Crippen LogP contribution in [-0.2, 0) is 15.6 Å². The van der Waals surface area contributed by atoms with E-state index >= 15 is 0 Å². The van der Waals surface area contributed by atoms with Crippen molar-refractivity contribution in [2.75, 3.05) is 32.5 Å². The highest BCUT2D eigenvalue weighted by atomic mass is 32.2. The fraction of sp³-hybridized carbons (Fsp3) is 0.400. The fourth-order valence-electron chi connectivity index (χ4n) is 4.40. The van der Waals surface area contributed by atoms with Crippen molar-refractivity contribution in [2.45, 2.75) is 43.5 Å². The SMILES string of the molecule is C=C(N)N1CCC(CC#N)(n2nc(Nc3ccc(S(=O)(=O)N(C)C)cc3)c3c(=O)[nH]ccc32)CC1.CC. The molecule has 0 saturated carbocycles. The smallest absolute Gasteiger partial charge is 0.261 e. The van der Waals surface area contributed by atoms with E-state index in [0.29, 0.717) is 54.2 Å². The van der Waals surface area contributed by atoms with Gasteiger partial charge in [0.25, 0.3) is 5.56 Å². The summed E-state index contributed by atoms with van der Waals surface area (Å²) in [6.45, 7) is 9.04. The monoisotopic (exact) mass is 526 g/mol. The van der Waals surface area contributed by atoms with Crippen LogP contribution in [0.4, 0.5) is 11.5 Å². The Bertz CT molecular complexity index is 1460. The summed E-state index contributed by atoms with van der Waals surface area (Å²) in [6.07, 6.45) is 3.00. The standard InChI is InChI=1S/C23H28N8O3S.C2H6/c1-16(25)30-14-10-23(9-12-24,11-15-30)31-19-8-13-26-22(32)20(19)21(28-31)27-17-4-6-18(7-5-17)35(33,34)29(2)3;1-2/h4-8,13H,1,9-11,14-15,25H2,2-3H3,(H,26,32)(H,27,28);1-2H3. The molecule has 3 heterocycles. The van der Waals surface area contributed by atoms with Crippen LogP contribution in [0.25, 0.3) is 10.9 Å². The quantitative estimate of drug-likeness (QED) is 0.425. The molecule has 0 atom stereocenters. The number of aromatic nitrogens is 3. The number of pyridine rings is 1. The average Bonchev–Trinajstić information content (AvgIpc) is 3.26. The van der Waals surface area contributed by atoms with Gasteiger partial charge in [0.2, 0.25) is 10.0 Å². The number of likely N-dealkylation sites (tertiary alicyclic amines) is 1. The van der Waals surface area contributed by atoms with Crippen LogP contribution in [0, 0.1) is 11.3 Å². The first-order chi connectivity index (χ1) is 17.6. The number of nitrogens with two attached hydrogens (primary N) is 1. The van der Waals surface area contributed by atoms with E-state index in [2.05, 4.69) is 22.9 Å². The Kier molecular flexibility index (Phi) is 8.30. The molecule has 1 aromatic carbocycles. The first kappa shape index (κ1) is 27.8. The van der Waals surface area contributed by atoms with Crippen LogP contribution in [0.1, 0.15) is 33.1 Å². The van der Waals surface area contributed by atoms with E-state index in [1.54, 1.807) is 29.1 Å². The highest BCUT2D eigenvalue weighted by molar-refractivity contribution is 7.89. The molecule has 3 aromatic rings. The molecular weight excluding hydrogens is 492 g/mol. The average molecular weight is 527 g/mol.